The van der Waals surface area contributed by atoms with E-state index in [1.54, 1.807) is 0 Å². The molecular weight excluding hydrogens is 248 g/mol. The monoisotopic (exact) mass is 274 g/mol. The molecule has 0 radical (unpaired) electrons. The number of carbonyl (C=O) groups excluding carboxylic acids is 1. The zero-order chi connectivity index (χ0) is 14.5. The van der Waals surface area contributed by atoms with Crippen LogP contribution >= 0.6 is 0 Å². The van der Waals surface area contributed by atoms with Gasteiger partial charge in [0, 0.05) is 6.54 Å². The van der Waals surface area contributed by atoms with Crippen LogP contribution in [0, 0.1) is 5.92 Å². The van der Waals surface area contributed by atoms with E-state index < -0.39 is 0 Å². The first kappa shape index (κ1) is 15.0. The van der Waals surface area contributed by atoms with E-state index in [9.17, 15) is 4.79 Å². The van der Waals surface area contributed by atoms with Gasteiger partial charge in [-0.3, -0.25) is 10.1 Å². The van der Waals surface area contributed by atoms with Crippen molar-refractivity contribution < 1.29 is 4.79 Å². The fraction of sp³-hybridized carbons (Fsp3) is 0.588. The molecule has 1 heterocycles. The maximum atomic E-state index is 12.7. The molecule has 110 valence electrons. The van der Waals surface area contributed by atoms with E-state index in [0.29, 0.717) is 5.92 Å². The minimum absolute atomic E-state index is 0.171. The average molecular weight is 274 g/mol. The van der Waals surface area contributed by atoms with Crippen molar-refractivity contribution >= 4 is 5.91 Å². The van der Waals surface area contributed by atoms with Crippen LogP contribution in [-0.4, -0.2) is 23.5 Å². The minimum atomic E-state index is -0.171. The van der Waals surface area contributed by atoms with Gasteiger partial charge in [-0.05, 0) is 17.9 Å². The van der Waals surface area contributed by atoms with E-state index in [1.807, 2.05) is 30.3 Å². The molecule has 3 heteroatoms. The first-order chi connectivity index (χ1) is 9.71. The highest BCUT2D eigenvalue weighted by molar-refractivity contribution is 5.85. The Kier molecular flexibility index (Phi) is 5.18. The van der Waals surface area contributed by atoms with Gasteiger partial charge < -0.3 is 4.90 Å². The lowest BCUT2D eigenvalue weighted by atomic mass is 10.0. The predicted molar refractivity (Wildman–Crippen MR) is 82.2 cm³/mol. The third-order valence-corrected chi connectivity index (χ3v) is 4.39. The summed E-state index contributed by atoms with van der Waals surface area (Å²) in [6.07, 6.45) is 3.39. The Morgan fingerprint density at radius 1 is 1.15 bits per heavy atom. The highest BCUT2D eigenvalue weighted by atomic mass is 16.2. The van der Waals surface area contributed by atoms with Gasteiger partial charge in [-0.1, -0.05) is 63.9 Å². The number of hydrogen-bond acceptors (Lipinski definition) is 2. The molecule has 1 N–H and O–H groups in total. The molecule has 2 unspecified atom stereocenters. The van der Waals surface area contributed by atoms with Gasteiger partial charge in [0.15, 0.2) is 0 Å². The van der Waals surface area contributed by atoms with Crippen molar-refractivity contribution in [2.24, 2.45) is 5.92 Å². The van der Waals surface area contributed by atoms with Gasteiger partial charge in [0.1, 0.15) is 6.04 Å². The third-order valence-electron chi connectivity index (χ3n) is 4.39. The number of carbonyl (C=O) groups is 1. The minimum Gasteiger partial charge on any atom is -0.325 e. The summed E-state index contributed by atoms with van der Waals surface area (Å²) in [6, 6.07) is 9.87. The smallest absolute Gasteiger partial charge is 0.245 e. The van der Waals surface area contributed by atoms with Crippen LogP contribution in [0.15, 0.2) is 30.3 Å². The lowest BCUT2D eigenvalue weighted by Gasteiger charge is -2.27. The quantitative estimate of drug-likeness (QED) is 0.863. The second-order valence-corrected chi connectivity index (χ2v) is 5.61. The zero-order valence-corrected chi connectivity index (χ0v) is 12.8. The summed E-state index contributed by atoms with van der Waals surface area (Å²) in [5.74, 6) is 0.833. The van der Waals surface area contributed by atoms with Crippen LogP contribution in [0.2, 0.25) is 0 Å². The summed E-state index contributed by atoms with van der Waals surface area (Å²) in [4.78, 5) is 14.8. The van der Waals surface area contributed by atoms with E-state index >= 15 is 0 Å². The maximum absolute atomic E-state index is 12.7. The Hall–Kier alpha value is -1.35. The average Bonchev–Trinajstić information content (AvgIpc) is 2.82. The molecule has 1 fully saturated rings. The number of nitrogens with one attached hydrogen (secondary N) is 1. The second kappa shape index (κ2) is 6.89. The van der Waals surface area contributed by atoms with Gasteiger partial charge in [-0.15, -0.1) is 0 Å². The third kappa shape index (κ3) is 3.04. The first-order valence-electron chi connectivity index (χ1n) is 7.82. The van der Waals surface area contributed by atoms with Crippen molar-refractivity contribution in [1.82, 2.24) is 10.2 Å². The van der Waals surface area contributed by atoms with Crippen LogP contribution in [-0.2, 0) is 4.79 Å². The summed E-state index contributed by atoms with van der Waals surface area (Å²) in [7, 11) is 0. The molecule has 1 aliphatic heterocycles. The van der Waals surface area contributed by atoms with E-state index in [0.717, 1.165) is 31.4 Å². The van der Waals surface area contributed by atoms with Crippen LogP contribution in [0.25, 0.3) is 0 Å². The molecule has 0 bridgehead atoms. The molecule has 0 saturated carbocycles. The van der Waals surface area contributed by atoms with Crippen LogP contribution < -0.4 is 5.32 Å². The summed E-state index contributed by atoms with van der Waals surface area (Å²) in [6.45, 7) is 7.43. The topological polar surface area (TPSA) is 32.3 Å². The fourth-order valence-electron chi connectivity index (χ4n) is 2.94. The van der Waals surface area contributed by atoms with Crippen molar-refractivity contribution in [3.8, 4) is 0 Å². The van der Waals surface area contributed by atoms with E-state index in [2.05, 4.69) is 31.0 Å². The maximum Gasteiger partial charge on any atom is 0.245 e. The van der Waals surface area contributed by atoms with E-state index in [1.165, 1.54) is 0 Å². The second-order valence-electron chi connectivity index (χ2n) is 5.61. The molecule has 0 aliphatic carbocycles. The molecule has 3 nitrogen and oxygen atoms in total. The standard InChI is InChI=1S/C17H26N2O/c1-4-13(5-2)12-19-15(6-3)18-16(17(19)20)14-10-8-7-9-11-14/h7-11,13,15-16,18H,4-6,12H2,1-3H3. The molecule has 2 rings (SSSR count). The normalized spacial score (nSPS) is 22.8. The molecule has 1 aliphatic rings. The first-order valence-corrected chi connectivity index (χ1v) is 7.82. The largest absolute Gasteiger partial charge is 0.325 e. The van der Waals surface area contributed by atoms with Gasteiger partial charge in [-0.2, -0.15) is 0 Å². The number of nitrogens with zero attached hydrogens (tertiary/aromatic N) is 1. The lowest BCUT2D eigenvalue weighted by Crippen LogP contribution is -2.39. The van der Waals surface area contributed by atoms with Gasteiger partial charge in [0.25, 0.3) is 0 Å². The van der Waals surface area contributed by atoms with Crippen LogP contribution in [0.4, 0.5) is 0 Å². The van der Waals surface area contributed by atoms with Crippen molar-refractivity contribution in [3.63, 3.8) is 0 Å². The summed E-state index contributed by atoms with van der Waals surface area (Å²) >= 11 is 0. The van der Waals surface area contributed by atoms with Gasteiger partial charge in [-0.25, -0.2) is 0 Å². The molecule has 2 atom stereocenters. The van der Waals surface area contributed by atoms with Gasteiger partial charge >= 0.3 is 0 Å². The van der Waals surface area contributed by atoms with Crippen molar-refractivity contribution in [2.45, 2.75) is 52.2 Å². The highest BCUT2D eigenvalue weighted by Crippen LogP contribution is 2.27. The molecule has 1 aromatic rings. The van der Waals surface area contributed by atoms with E-state index in [-0.39, 0.29) is 18.1 Å². The highest BCUT2D eigenvalue weighted by Gasteiger charge is 2.38. The summed E-state index contributed by atoms with van der Waals surface area (Å²) in [5, 5.41) is 3.49. The Balaban J connectivity index is 2.15. The lowest BCUT2D eigenvalue weighted by molar-refractivity contribution is -0.130. The molecule has 1 saturated heterocycles. The van der Waals surface area contributed by atoms with Crippen molar-refractivity contribution in [3.05, 3.63) is 35.9 Å². The Morgan fingerprint density at radius 2 is 1.80 bits per heavy atom. The summed E-state index contributed by atoms with van der Waals surface area (Å²) in [5.41, 5.74) is 1.07. The Morgan fingerprint density at radius 3 is 2.35 bits per heavy atom. The van der Waals surface area contributed by atoms with Crippen LogP contribution in [0.5, 0.6) is 0 Å². The summed E-state index contributed by atoms with van der Waals surface area (Å²) < 4.78 is 0. The van der Waals surface area contributed by atoms with Gasteiger partial charge in [0.05, 0.1) is 6.17 Å². The fourth-order valence-corrected chi connectivity index (χ4v) is 2.94. The Bertz CT molecular complexity index is 428. The molecule has 20 heavy (non-hydrogen) atoms. The molecule has 1 amide bonds. The number of benzene rings is 1. The molecule has 1 aromatic carbocycles. The molecule has 0 aromatic heterocycles. The molecule has 0 spiro atoms. The zero-order valence-electron chi connectivity index (χ0n) is 12.8. The predicted octanol–water partition coefficient (Wildman–Crippen LogP) is 3.33. The molecular formula is C17H26N2O. The van der Waals surface area contributed by atoms with Crippen molar-refractivity contribution in [2.75, 3.05) is 6.54 Å². The van der Waals surface area contributed by atoms with E-state index in [4.69, 9.17) is 0 Å². The Labute approximate surface area is 122 Å². The van der Waals surface area contributed by atoms with Crippen molar-refractivity contribution in [1.29, 1.82) is 0 Å². The van der Waals surface area contributed by atoms with Crippen LogP contribution in [0.3, 0.4) is 0 Å². The van der Waals surface area contributed by atoms with Crippen LogP contribution in [0.1, 0.15) is 51.6 Å². The van der Waals surface area contributed by atoms with Gasteiger partial charge in [0.2, 0.25) is 5.91 Å². The number of hydrogen-bond donors (Lipinski definition) is 1. The number of rotatable bonds is 6. The SMILES string of the molecule is CCC(CC)CN1C(=O)C(c2ccccc2)NC1CC. The number of amides is 1.